The molecule has 1 aromatic rings. The Kier molecular flexibility index (Phi) is 10.7. The van der Waals surface area contributed by atoms with Crippen LogP contribution in [0.15, 0.2) is 42.5 Å². The molecule has 0 bridgehead atoms. The first kappa shape index (κ1) is 38.8. The smallest absolute Gasteiger partial charge is 0.337 e. The number of carbonyl (C=O) groups excluding carboxylic acids is 3. The van der Waals surface area contributed by atoms with Gasteiger partial charge in [0.05, 0.1) is 31.6 Å². The van der Waals surface area contributed by atoms with Crippen molar-refractivity contribution in [3.8, 4) is 0 Å². The van der Waals surface area contributed by atoms with E-state index in [4.69, 9.17) is 9.47 Å². The van der Waals surface area contributed by atoms with E-state index in [1.165, 1.54) is 56.6 Å². The van der Waals surface area contributed by atoms with E-state index in [2.05, 4.69) is 77.0 Å². The highest BCUT2D eigenvalue weighted by Gasteiger charge is 2.71. The Morgan fingerprint density at radius 3 is 2.23 bits per heavy atom. The Morgan fingerprint density at radius 2 is 1.56 bits per heavy atom. The number of methoxy groups -OCH3 is 2. The van der Waals surface area contributed by atoms with Crippen molar-refractivity contribution >= 4 is 23.4 Å². The summed E-state index contributed by atoms with van der Waals surface area (Å²) < 4.78 is 9.69. The molecule has 286 valence electrons. The molecular formula is C45H66N2O5. The zero-order valence-electron chi connectivity index (χ0n) is 33.4. The molecule has 7 nitrogen and oxygen atoms in total. The van der Waals surface area contributed by atoms with E-state index >= 15 is 0 Å². The number of hydrogen-bond acceptors (Lipinski definition) is 6. The number of benzene rings is 1. The summed E-state index contributed by atoms with van der Waals surface area (Å²) in [6.07, 6.45) is 13.8. The predicted molar refractivity (Wildman–Crippen MR) is 207 cm³/mol. The van der Waals surface area contributed by atoms with E-state index in [9.17, 15) is 14.4 Å². The van der Waals surface area contributed by atoms with Gasteiger partial charge in [-0.15, -0.1) is 0 Å². The molecule has 9 atom stereocenters. The summed E-state index contributed by atoms with van der Waals surface area (Å²) in [5.41, 5.74) is 4.73. The number of hydrogen-bond donors (Lipinski definition) is 2. The van der Waals surface area contributed by atoms with Gasteiger partial charge in [-0.3, -0.25) is 9.59 Å². The Balaban J connectivity index is 1.22. The molecule has 0 aromatic heterocycles. The van der Waals surface area contributed by atoms with Gasteiger partial charge >= 0.3 is 11.9 Å². The fourth-order valence-corrected chi connectivity index (χ4v) is 13.5. The number of allylic oxidation sites excluding steroid dienone is 3. The second-order valence-corrected chi connectivity index (χ2v) is 18.6. The van der Waals surface area contributed by atoms with Gasteiger partial charge in [0.25, 0.3) is 0 Å². The average molecular weight is 715 g/mol. The van der Waals surface area contributed by atoms with Crippen molar-refractivity contribution in [3.63, 3.8) is 0 Å². The van der Waals surface area contributed by atoms with E-state index in [-0.39, 0.29) is 44.9 Å². The average Bonchev–Trinajstić information content (AvgIpc) is 3.52. The summed E-state index contributed by atoms with van der Waals surface area (Å²) in [5, 5.41) is 6.72. The summed E-state index contributed by atoms with van der Waals surface area (Å²) in [7, 11) is 2.85. The van der Waals surface area contributed by atoms with Crippen molar-refractivity contribution in [2.24, 2.45) is 56.7 Å². The molecule has 0 saturated heterocycles. The minimum absolute atomic E-state index is 0.00599. The van der Waals surface area contributed by atoms with Crippen LogP contribution in [-0.4, -0.2) is 51.7 Å². The summed E-state index contributed by atoms with van der Waals surface area (Å²) in [4.78, 5) is 38.0. The number of fused-ring (bicyclic) bond motifs is 7. The predicted octanol–water partition coefficient (Wildman–Crippen LogP) is 8.78. The molecule has 52 heavy (non-hydrogen) atoms. The van der Waals surface area contributed by atoms with Crippen molar-refractivity contribution in [1.82, 2.24) is 10.6 Å². The molecule has 4 saturated carbocycles. The summed E-state index contributed by atoms with van der Waals surface area (Å²) in [5.74, 6) is 2.20. The van der Waals surface area contributed by atoms with Crippen molar-refractivity contribution in [2.75, 3.05) is 33.9 Å². The first-order valence-electron chi connectivity index (χ1n) is 20.2. The van der Waals surface area contributed by atoms with Crippen LogP contribution in [0.25, 0.3) is 5.57 Å². The molecule has 0 radical (unpaired) electrons. The highest BCUT2D eigenvalue weighted by atomic mass is 16.5. The minimum atomic E-state index is -0.315. The van der Waals surface area contributed by atoms with Crippen LogP contribution in [-0.2, 0) is 19.1 Å². The molecule has 5 aliphatic carbocycles. The maximum Gasteiger partial charge on any atom is 0.337 e. The lowest BCUT2D eigenvalue weighted by molar-refractivity contribution is -0.225. The molecule has 7 heteroatoms. The van der Waals surface area contributed by atoms with Gasteiger partial charge in [-0.2, -0.15) is 0 Å². The third-order valence-corrected chi connectivity index (χ3v) is 16.3. The molecule has 1 aromatic carbocycles. The van der Waals surface area contributed by atoms with E-state index in [0.29, 0.717) is 54.7 Å². The first-order chi connectivity index (χ1) is 24.6. The molecule has 5 aliphatic rings. The van der Waals surface area contributed by atoms with Gasteiger partial charge in [0, 0.05) is 13.1 Å². The molecule has 0 unspecified atom stereocenters. The van der Waals surface area contributed by atoms with E-state index < -0.39 is 0 Å². The molecule has 0 heterocycles. The minimum Gasteiger partial charge on any atom is -0.469 e. The quantitative estimate of drug-likeness (QED) is 0.135. The lowest BCUT2D eigenvalue weighted by Gasteiger charge is -2.72. The van der Waals surface area contributed by atoms with Crippen LogP contribution in [0, 0.1) is 56.7 Å². The number of esters is 2. The number of rotatable bonds is 11. The zero-order chi connectivity index (χ0) is 37.7. The Hall–Kier alpha value is -2.93. The van der Waals surface area contributed by atoms with Crippen molar-refractivity contribution in [1.29, 1.82) is 0 Å². The molecule has 2 N–H and O–H groups in total. The SMILES string of the molecule is C=C(C)[C@@H]1CC[C@]2(C(=O)NCCCNCCC(=O)OC)CC[C@]3(C)[C@H](CC[C@@H]4[C@@]5(C)CC=C(c6ccc(C(=O)OC)cc6)C(C)(C)[C@@H]5CC[C@]43C)[C@@H]12. The van der Waals surface area contributed by atoms with Gasteiger partial charge in [-0.25, -0.2) is 4.79 Å². The Morgan fingerprint density at radius 1 is 0.827 bits per heavy atom. The fourth-order valence-electron chi connectivity index (χ4n) is 13.5. The van der Waals surface area contributed by atoms with Gasteiger partial charge in [0.15, 0.2) is 0 Å². The topological polar surface area (TPSA) is 93.7 Å². The maximum atomic E-state index is 14.4. The van der Waals surface area contributed by atoms with Crippen LogP contribution < -0.4 is 10.6 Å². The van der Waals surface area contributed by atoms with E-state index in [1.54, 1.807) is 0 Å². The van der Waals surface area contributed by atoms with Crippen molar-refractivity contribution < 1.29 is 23.9 Å². The molecule has 0 aliphatic heterocycles. The number of carbonyl (C=O) groups is 3. The highest BCUT2D eigenvalue weighted by Crippen LogP contribution is 2.77. The third kappa shape index (κ3) is 6.09. The second kappa shape index (κ2) is 14.4. The zero-order valence-corrected chi connectivity index (χ0v) is 33.4. The normalized spacial score (nSPS) is 37.3. The monoisotopic (exact) mass is 714 g/mol. The molecule has 0 spiro atoms. The van der Waals surface area contributed by atoms with Crippen molar-refractivity contribution in [2.45, 2.75) is 112 Å². The van der Waals surface area contributed by atoms with E-state index in [0.717, 1.165) is 45.1 Å². The summed E-state index contributed by atoms with van der Waals surface area (Å²) in [6.45, 7) is 21.6. The Bertz CT molecular complexity index is 1580. The van der Waals surface area contributed by atoms with Crippen LogP contribution in [0.3, 0.4) is 0 Å². The lowest BCUT2D eigenvalue weighted by Crippen LogP contribution is -2.66. The summed E-state index contributed by atoms with van der Waals surface area (Å²) >= 11 is 0. The van der Waals surface area contributed by atoms with E-state index in [1.807, 2.05) is 12.1 Å². The highest BCUT2D eigenvalue weighted by molar-refractivity contribution is 5.90. The molecule has 6 rings (SSSR count). The van der Waals surface area contributed by atoms with Crippen molar-refractivity contribution in [3.05, 3.63) is 53.6 Å². The van der Waals surface area contributed by atoms with Gasteiger partial charge < -0.3 is 20.1 Å². The van der Waals surface area contributed by atoms with Crippen LogP contribution in [0.1, 0.15) is 128 Å². The summed E-state index contributed by atoms with van der Waals surface area (Å²) in [6, 6.07) is 8.03. The second-order valence-electron chi connectivity index (χ2n) is 18.6. The van der Waals surface area contributed by atoms with Gasteiger partial charge in [0.1, 0.15) is 0 Å². The van der Waals surface area contributed by atoms with Crippen LogP contribution >= 0.6 is 0 Å². The van der Waals surface area contributed by atoms with Gasteiger partial charge in [0.2, 0.25) is 5.91 Å². The maximum absolute atomic E-state index is 14.4. The number of amides is 1. The van der Waals surface area contributed by atoms with Crippen LogP contribution in [0.5, 0.6) is 0 Å². The standard InChI is InChI=1S/C45H66N2O5/c1-29(2)32-17-23-45(40(50)47-27-10-26-46-28-20-37(48)51-8)25-24-43(6)34(38(32)45)15-16-36-42(5)21-18-33(30-11-13-31(14-12-30)39(49)52-9)41(3,4)35(42)19-22-44(36,43)7/h11-14,18,32,34-36,38,46H,1,10,15-17,19-28H2,2-9H3,(H,47,50)/t32-,34+,35-,36+,38+,42-,43+,44+,45-/m0/s1. The van der Waals surface area contributed by atoms with Gasteiger partial charge in [-0.1, -0.05) is 65.0 Å². The first-order valence-corrected chi connectivity index (χ1v) is 20.2. The third-order valence-electron chi connectivity index (χ3n) is 16.3. The fraction of sp³-hybridized carbons (Fsp3) is 0.711. The number of nitrogens with one attached hydrogen (secondary N) is 2. The Labute approximate surface area is 313 Å². The molecule has 1 amide bonds. The van der Waals surface area contributed by atoms with Gasteiger partial charge in [-0.05, 0) is 152 Å². The molecule has 4 fully saturated rings. The molecular weight excluding hydrogens is 649 g/mol. The lowest BCUT2D eigenvalue weighted by atomic mass is 9.32. The number of ether oxygens (including phenoxy) is 2. The largest absolute Gasteiger partial charge is 0.469 e. The van der Waals surface area contributed by atoms with Crippen LogP contribution in [0.2, 0.25) is 0 Å². The van der Waals surface area contributed by atoms with Crippen LogP contribution in [0.4, 0.5) is 0 Å².